The molecule has 8 nitrogen and oxygen atoms in total. The van der Waals surface area contributed by atoms with E-state index in [4.69, 9.17) is 18.9 Å². The third kappa shape index (κ3) is 7.11. The van der Waals surface area contributed by atoms with Gasteiger partial charge in [0, 0.05) is 30.9 Å². The van der Waals surface area contributed by atoms with Gasteiger partial charge in [0.25, 0.3) is 0 Å². The number of rotatable bonds is 13. The lowest BCUT2D eigenvalue weighted by atomic mass is 10.0. The molecule has 0 aliphatic carbocycles. The zero-order valence-corrected chi connectivity index (χ0v) is 21.2. The molecule has 1 aromatic heterocycles. The molecule has 8 heteroatoms. The van der Waals surface area contributed by atoms with Gasteiger partial charge in [-0.1, -0.05) is 30.3 Å². The van der Waals surface area contributed by atoms with E-state index in [0.29, 0.717) is 25.1 Å². The van der Waals surface area contributed by atoms with Crippen LogP contribution >= 0.6 is 0 Å². The first kappa shape index (κ1) is 26.8. The number of hydrogen-bond donors (Lipinski definition) is 1. The van der Waals surface area contributed by atoms with Gasteiger partial charge in [-0.2, -0.15) is 0 Å². The lowest BCUT2D eigenvalue weighted by Gasteiger charge is -2.20. The Kier molecular flexibility index (Phi) is 9.53. The van der Waals surface area contributed by atoms with Crippen LogP contribution in [0.2, 0.25) is 0 Å². The number of benzene rings is 2. The van der Waals surface area contributed by atoms with Crippen molar-refractivity contribution in [1.29, 1.82) is 0 Å². The fourth-order valence-corrected chi connectivity index (χ4v) is 4.18. The van der Waals surface area contributed by atoms with Gasteiger partial charge in [-0.3, -0.25) is 4.79 Å². The number of ether oxygens (including phenoxy) is 4. The first-order valence-corrected chi connectivity index (χ1v) is 11.7. The fourth-order valence-electron chi connectivity index (χ4n) is 4.18. The third-order valence-corrected chi connectivity index (χ3v) is 5.99. The molecular formula is C28H33NO7. The van der Waals surface area contributed by atoms with E-state index in [9.17, 15) is 14.7 Å². The van der Waals surface area contributed by atoms with E-state index in [-0.39, 0.29) is 18.1 Å². The molecule has 3 aromatic rings. The van der Waals surface area contributed by atoms with E-state index in [1.54, 1.807) is 31.2 Å². The quantitative estimate of drug-likeness (QED) is 0.357. The molecule has 1 N–H and O–H groups in total. The molecule has 3 rings (SSSR count). The number of carbonyl (C=O) groups is 2. The Hall–Kier alpha value is -3.78. The molecule has 0 aliphatic heterocycles. The molecule has 0 saturated heterocycles. The Bertz CT molecular complexity index is 1140. The van der Waals surface area contributed by atoms with Crippen LogP contribution in [0.1, 0.15) is 32.6 Å². The summed E-state index contributed by atoms with van der Waals surface area (Å²) in [5, 5.41) is 9.27. The largest absolute Gasteiger partial charge is 0.496 e. The number of hydrogen-bond acceptors (Lipinski definition) is 6. The van der Waals surface area contributed by atoms with E-state index in [1.807, 2.05) is 37.3 Å². The third-order valence-electron chi connectivity index (χ3n) is 5.99. The van der Waals surface area contributed by atoms with Crippen molar-refractivity contribution < 1.29 is 33.6 Å². The van der Waals surface area contributed by atoms with Gasteiger partial charge in [-0.05, 0) is 42.2 Å². The molecule has 0 spiro atoms. The fraction of sp³-hybridized carbons (Fsp3) is 0.357. The smallest absolute Gasteiger partial charge is 0.339 e. The maximum Gasteiger partial charge on any atom is 0.339 e. The van der Waals surface area contributed by atoms with Gasteiger partial charge in [-0.25, -0.2) is 4.79 Å². The van der Waals surface area contributed by atoms with E-state index >= 15 is 0 Å². The summed E-state index contributed by atoms with van der Waals surface area (Å²) in [4.78, 5) is 23.5. The summed E-state index contributed by atoms with van der Waals surface area (Å²) in [6, 6.07) is 14.0. The predicted molar refractivity (Wildman–Crippen MR) is 135 cm³/mol. The van der Waals surface area contributed by atoms with Crippen LogP contribution in [0, 0.1) is 6.92 Å². The molecule has 0 unspecified atom stereocenters. The summed E-state index contributed by atoms with van der Waals surface area (Å²) in [6.07, 6.45) is 4.06. The van der Waals surface area contributed by atoms with Crippen LogP contribution in [0.4, 0.5) is 0 Å². The van der Waals surface area contributed by atoms with E-state index in [2.05, 4.69) is 12.1 Å². The number of carboxylic acid groups (broad SMARTS) is 1. The molecule has 0 radical (unpaired) electrons. The number of aromatic nitrogens is 1. The zero-order chi connectivity index (χ0) is 26.1. The molecule has 36 heavy (non-hydrogen) atoms. The van der Waals surface area contributed by atoms with Crippen LogP contribution in [0.3, 0.4) is 0 Å². The van der Waals surface area contributed by atoms with Crippen molar-refractivity contribution in [3.63, 3.8) is 0 Å². The Morgan fingerprint density at radius 3 is 2.22 bits per heavy atom. The predicted octanol–water partition coefficient (Wildman–Crippen LogP) is 4.10. The Labute approximate surface area is 211 Å². The van der Waals surface area contributed by atoms with Crippen LogP contribution in [-0.4, -0.2) is 55.7 Å². The monoisotopic (exact) mass is 495 g/mol. The van der Waals surface area contributed by atoms with Crippen LogP contribution < -0.4 is 9.47 Å². The van der Waals surface area contributed by atoms with E-state index in [0.717, 1.165) is 29.0 Å². The molecule has 0 fully saturated rings. The van der Waals surface area contributed by atoms with Crippen LogP contribution in [-0.2, 0) is 40.1 Å². The number of esters is 1. The topological polar surface area (TPSA) is 96.2 Å². The lowest BCUT2D eigenvalue weighted by molar-refractivity contribution is -0.136. The van der Waals surface area contributed by atoms with Crippen molar-refractivity contribution in [2.75, 3.05) is 27.9 Å². The van der Waals surface area contributed by atoms with Gasteiger partial charge < -0.3 is 28.6 Å². The summed E-state index contributed by atoms with van der Waals surface area (Å²) in [7, 11) is 4.52. The van der Waals surface area contributed by atoms with Crippen molar-refractivity contribution in [3.05, 3.63) is 82.7 Å². The van der Waals surface area contributed by atoms with Crippen molar-refractivity contribution in [1.82, 2.24) is 4.57 Å². The maximum atomic E-state index is 12.2. The van der Waals surface area contributed by atoms with Gasteiger partial charge in [0.2, 0.25) is 0 Å². The molecule has 0 amide bonds. The molecule has 0 bridgehead atoms. The lowest BCUT2D eigenvalue weighted by Crippen LogP contribution is -2.23. The number of carboxylic acids is 1. The van der Waals surface area contributed by atoms with Gasteiger partial charge in [0.05, 0.1) is 46.0 Å². The SMILES string of the molecule is COC(=O)c1cn(C[C@@H](Cc2cc(OC)c(C)c(OC)c2)OCCc2ccccc2)cc1CC(=O)O. The minimum absolute atomic E-state index is 0.238. The molecule has 0 aliphatic rings. The number of aliphatic carboxylic acids is 1. The van der Waals surface area contributed by atoms with E-state index in [1.165, 1.54) is 12.7 Å². The second-order valence-corrected chi connectivity index (χ2v) is 8.51. The van der Waals surface area contributed by atoms with Crippen molar-refractivity contribution in [3.8, 4) is 11.5 Å². The molecule has 0 saturated carbocycles. The number of nitrogens with zero attached hydrogens (tertiary/aromatic N) is 1. The minimum Gasteiger partial charge on any atom is -0.496 e. The van der Waals surface area contributed by atoms with Gasteiger partial charge >= 0.3 is 11.9 Å². The first-order valence-electron chi connectivity index (χ1n) is 11.7. The summed E-state index contributed by atoms with van der Waals surface area (Å²) in [5.74, 6) is -0.137. The van der Waals surface area contributed by atoms with Crippen LogP contribution in [0.15, 0.2) is 54.9 Å². The van der Waals surface area contributed by atoms with Gasteiger partial charge in [-0.15, -0.1) is 0 Å². The normalized spacial score (nSPS) is 11.7. The van der Waals surface area contributed by atoms with Gasteiger partial charge in [0.15, 0.2) is 0 Å². The molecular weight excluding hydrogens is 462 g/mol. The number of carbonyl (C=O) groups excluding carboxylic acids is 1. The highest BCUT2D eigenvalue weighted by molar-refractivity contribution is 5.92. The molecule has 2 aromatic carbocycles. The molecule has 1 heterocycles. The second kappa shape index (κ2) is 12.8. The number of methoxy groups -OCH3 is 3. The average Bonchev–Trinajstić information content (AvgIpc) is 3.26. The van der Waals surface area contributed by atoms with Crippen LogP contribution in [0.5, 0.6) is 11.5 Å². The molecule has 1 atom stereocenters. The van der Waals surface area contributed by atoms with E-state index < -0.39 is 11.9 Å². The highest BCUT2D eigenvalue weighted by Gasteiger charge is 2.20. The molecule has 192 valence electrons. The average molecular weight is 496 g/mol. The highest BCUT2D eigenvalue weighted by Crippen LogP contribution is 2.30. The van der Waals surface area contributed by atoms with Crippen LogP contribution in [0.25, 0.3) is 0 Å². The Balaban J connectivity index is 1.85. The van der Waals surface area contributed by atoms with Crippen molar-refractivity contribution in [2.45, 2.75) is 38.8 Å². The summed E-state index contributed by atoms with van der Waals surface area (Å²) in [6.45, 7) is 2.85. The first-order chi connectivity index (χ1) is 17.3. The van der Waals surface area contributed by atoms with Gasteiger partial charge in [0.1, 0.15) is 11.5 Å². The minimum atomic E-state index is -1.02. The summed E-state index contributed by atoms with van der Waals surface area (Å²) < 4.78 is 24.0. The zero-order valence-electron chi connectivity index (χ0n) is 21.2. The van der Waals surface area contributed by atoms with Crippen molar-refractivity contribution in [2.24, 2.45) is 0 Å². The second-order valence-electron chi connectivity index (χ2n) is 8.51. The Morgan fingerprint density at radius 2 is 1.64 bits per heavy atom. The maximum absolute atomic E-state index is 12.2. The van der Waals surface area contributed by atoms with Crippen molar-refractivity contribution >= 4 is 11.9 Å². The Morgan fingerprint density at radius 1 is 0.972 bits per heavy atom. The standard InChI is InChI=1S/C28H33NO7/c1-19-25(33-2)13-21(14-26(19)34-3)12-23(36-11-10-20-8-6-5-7-9-20)17-29-16-22(15-27(30)31)24(18-29)28(32)35-4/h5-9,13-14,16,18,23H,10-12,15,17H2,1-4H3,(H,30,31)/t23-/m1/s1. The summed E-state index contributed by atoms with van der Waals surface area (Å²) >= 11 is 0. The highest BCUT2D eigenvalue weighted by atomic mass is 16.5. The summed E-state index contributed by atoms with van der Waals surface area (Å²) in [5.41, 5.74) is 3.70.